The largest absolute Gasteiger partial charge is 0.391 e. The van der Waals surface area contributed by atoms with Gasteiger partial charge in [0.15, 0.2) is 0 Å². The number of ether oxygens (including phenoxy) is 1. The van der Waals surface area contributed by atoms with Crippen LogP contribution in [0.4, 0.5) is 0 Å². The van der Waals surface area contributed by atoms with E-state index in [2.05, 4.69) is 4.74 Å². The third kappa shape index (κ3) is 1.45. The molecule has 1 heterocycles. The van der Waals surface area contributed by atoms with Crippen LogP contribution in [0.2, 0.25) is 0 Å². The summed E-state index contributed by atoms with van der Waals surface area (Å²) >= 11 is 0. The molecule has 0 saturated carbocycles. The molecule has 1 aliphatic heterocycles. The smallest absolute Gasteiger partial charge is 0.285 e. The lowest BCUT2D eigenvalue weighted by molar-refractivity contribution is -0.604. The first-order chi connectivity index (χ1) is 7.27. The molecule has 1 aliphatic rings. The van der Waals surface area contributed by atoms with Gasteiger partial charge in [-0.3, -0.25) is 0 Å². The van der Waals surface area contributed by atoms with E-state index in [1.54, 1.807) is 0 Å². The molecule has 0 bridgehead atoms. The van der Waals surface area contributed by atoms with Crippen molar-refractivity contribution in [3.63, 3.8) is 0 Å². The SMILES string of the molecule is CC1(O)O[C@](O)(CO)C(O)(O)C(O)(O)C1(O)O. The minimum absolute atomic E-state index is 0.490. The van der Waals surface area contributed by atoms with Gasteiger partial charge in [0.25, 0.3) is 23.1 Å². The van der Waals surface area contributed by atoms with Crippen molar-refractivity contribution >= 4 is 0 Å². The molecule has 1 rings (SSSR count). The van der Waals surface area contributed by atoms with Crippen LogP contribution in [-0.2, 0) is 4.74 Å². The standard InChI is InChI=1S/C7H14O10/c1-3(9)5(11,12)7(15,16)6(13,14)4(10,2-8)17-3/h8-16H,2H2,1H3/t3?,4-/m1/s1. The highest BCUT2D eigenvalue weighted by molar-refractivity contribution is 5.10. The Bertz CT molecular complexity index is 321. The number of hydrogen-bond acceptors (Lipinski definition) is 10. The Labute approximate surface area is 94.2 Å². The summed E-state index contributed by atoms with van der Waals surface area (Å²) in [6.45, 7) is -1.10. The Morgan fingerprint density at radius 2 is 1.18 bits per heavy atom. The van der Waals surface area contributed by atoms with E-state index in [-0.39, 0.29) is 0 Å². The molecular formula is C7H14O10. The van der Waals surface area contributed by atoms with Crippen molar-refractivity contribution in [3.05, 3.63) is 0 Å². The van der Waals surface area contributed by atoms with Crippen molar-refractivity contribution in [2.24, 2.45) is 0 Å². The van der Waals surface area contributed by atoms with Crippen LogP contribution in [0.15, 0.2) is 0 Å². The zero-order valence-corrected chi connectivity index (χ0v) is 8.64. The van der Waals surface area contributed by atoms with Crippen LogP contribution in [-0.4, -0.2) is 81.5 Å². The van der Waals surface area contributed by atoms with Gasteiger partial charge in [-0.2, -0.15) is 0 Å². The second-order valence-electron chi connectivity index (χ2n) is 4.04. The molecule has 102 valence electrons. The van der Waals surface area contributed by atoms with Crippen LogP contribution in [0.5, 0.6) is 0 Å². The van der Waals surface area contributed by atoms with Crippen molar-refractivity contribution < 1.29 is 50.7 Å². The maximum atomic E-state index is 9.44. The quantitative estimate of drug-likeness (QED) is 0.205. The number of hydrogen-bond donors (Lipinski definition) is 9. The Balaban J connectivity index is 3.46. The van der Waals surface area contributed by atoms with E-state index in [0.29, 0.717) is 6.92 Å². The first-order valence-electron chi connectivity index (χ1n) is 4.37. The van der Waals surface area contributed by atoms with E-state index in [0.717, 1.165) is 0 Å². The number of aliphatic hydroxyl groups excluding tert-OH is 1. The molecule has 0 spiro atoms. The Hall–Kier alpha value is -0.400. The molecule has 10 heteroatoms. The first kappa shape index (κ1) is 14.7. The third-order valence-corrected chi connectivity index (χ3v) is 2.75. The van der Waals surface area contributed by atoms with Crippen LogP contribution in [0.1, 0.15) is 6.92 Å². The zero-order chi connectivity index (χ0) is 13.9. The molecule has 1 unspecified atom stereocenters. The summed E-state index contributed by atoms with van der Waals surface area (Å²) in [5, 5.41) is 83.2. The molecular weight excluding hydrogens is 244 g/mol. The van der Waals surface area contributed by atoms with Crippen LogP contribution >= 0.6 is 0 Å². The fourth-order valence-electron chi connectivity index (χ4n) is 1.45. The molecule has 0 aromatic heterocycles. The highest BCUT2D eigenvalue weighted by Crippen LogP contribution is 2.48. The van der Waals surface area contributed by atoms with E-state index in [4.69, 9.17) is 5.11 Å². The minimum atomic E-state index is -4.22. The molecule has 0 amide bonds. The summed E-state index contributed by atoms with van der Waals surface area (Å²) < 4.78 is 4.12. The van der Waals surface area contributed by atoms with E-state index in [9.17, 15) is 40.9 Å². The molecule has 0 radical (unpaired) electrons. The zero-order valence-electron chi connectivity index (χ0n) is 8.64. The van der Waals surface area contributed by atoms with Crippen molar-refractivity contribution in [2.45, 2.75) is 35.9 Å². The Morgan fingerprint density at radius 1 is 0.765 bits per heavy atom. The van der Waals surface area contributed by atoms with Gasteiger partial charge in [0.2, 0.25) is 5.79 Å². The molecule has 0 aromatic carbocycles. The van der Waals surface area contributed by atoms with Crippen LogP contribution in [0, 0.1) is 0 Å². The van der Waals surface area contributed by atoms with Crippen LogP contribution in [0.3, 0.4) is 0 Å². The highest BCUT2D eigenvalue weighted by atomic mass is 16.8. The fraction of sp³-hybridized carbons (Fsp3) is 1.00. The summed E-state index contributed by atoms with van der Waals surface area (Å²) in [5.41, 5.74) is 0. The second kappa shape index (κ2) is 3.33. The molecule has 17 heavy (non-hydrogen) atoms. The fourth-order valence-corrected chi connectivity index (χ4v) is 1.45. The highest BCUT2D eigenvalue weighted by Gasteiger charge is 2.81. The summed E-state index contributed by atoms with van der Waals surface area (Å²) in [4.78, 5) is 0. The summed E-state index contributed by atoms with van der Waals surface area (Å²) in [6.07, 6.45) is 0. The van der Waals surface area contributed by atoms with Gasteiger partial charge in [0, 0.05) is 0 Å². The van der Waals surface area contributed by atoms with E-state index >= 15 is 0 Å². The van der Waals surface area contributed by atoms with Gasteiger partial charge in [0.1, 0.15) is 6.61 Å². The number of aliphatic hydroxyl groups is 9. The molecule has 9 N–H and O–H groups in total. The van der Waals surface area contributed by atoms with Gasteiger partial charge in [-0.25, -0.2) is 0 Å². The topological polar surface area (TPSA) is 191 Å². The van der Waals surface area contributed by atoms with Gasteiger partial charge in [-0.05, 0) is 6.92 Å². The lowest BCUT2D eigenvalue weighted by Crippen LogP contribution is -2.87. The monoisotopic (exact) mass is 258 g/mol. The molecule has 1 saturated heterocycles. The van der Waals surface area contributed by atoms with Crippen molar-refractivity contribution in [2.75, 3.05) is 6.61 Å². The van der Waals surface area contributed by atoms with E-state index < -0.39 is 35.5 Å². The average molecular weight is 258 g/mol. The normalized spacial score (nSPS) is 43.4. The van der Waals surface area contributed by atoms with Gasteiger partial charge < -0.3 is 50.7 Å². The van der Waals surface area contributed by atoms with Crippen molar-refractivity contribution in [1.82, 2.24) is 0 Å². The predicted molar refractivity (Wildman–Crippen MR) is 45.3 cm³/mol. The van der Waals surface area contributed by atoms with Gasteiger partial charge >= 0.3 is 0 Å². The minimum Gasteiger partial charge on any atom is -0.391 e. The van der Waals surface area contributed by atoms with E-state index in [1.807, 2.05) is 0 Å². The number of rotatable bonds is 1. The van der Waals surface area contributed by atoms with Crippen molar-refractivity contribution in [1.29, 1.82) is 0 Å². The lowest BCUT2D eigenvalue weighted by Gasteiger charge is -2.58. The summed E-state index contributed by atoms with van der Waals surface area (Å²) in [5.74, 6) is -19.0. The molecule has 0 aromatic rings. The Morgan fingerprint density at radius 3 is 1.53 bits per heavy atom. The molecule has 10 nitrogen and oxygen atoms in total. The summed E-state index contributed by atoms with van der Waals surface area (Å²) in [7, 11) is 0. The van der Waals surface area contributed by atoms with Gasteiger partial charge in [0.05, 0.1) is 0 Å². The van der Waals surface area contributed by atoms with Gasteiger partial charge in [-0.15, -0.1) is 0 Å². The summed E-state index contributed by atoms with van der Waals surface area (Å²) in [6, 6.07) is 0. The third-order valence-electron chi connectivity index (χ3n) is 2.75. The Kier molecular flexibility index (Phi) is 2.87. The maximum Gasteiger partial charge on any atom is 0.285 e. The predicted octanol–water partition coefficient (Wildman–Crippen LogP) is -5.55. The van der Waals surface area contributed by atoms with Crippen LogP contribution < -0.4 is 0 Å². The molecule has 0 aliphatic carbocycles. The second-order valence-corrected chi connectivity index (χ2v) is 4.04. The van der Waals surface area contributed by atoms with Gasteiger partial charge in [-0.1, -0.05) is 0 Å². The molecule has 1 fully saturated rings. The first-order valence-corrected chi connectivity index (χ1v) is 4.37. The lowest BCUT2D eigenvalue weighted by atomic mass is 9.81. The van der Waals surface area contributed by atoms with Crippen molar-refractivity contribution in [3.8, 4) is 0 Å². The van der Waals surface area contributed by atoms with Crippen LogP contribution in [0.25, 0.3) is 0 Å². The maximum absolute atomic E-state index is 9.44. The molecule has 2 atom stereocenters. The average Bonchev–Trinajstić information content (AvgIpc) is 2.14. The van der Waals surface area contributed by atoms with E-state index in [1.165, 1.54) is 0 Å².